The highest BCUT2D eigenvalue weighted by Crippen LogP contribution is 2.24. The molecule has 0 radical (unpaired) electrons. The van der Waals surface area contributed by atoms with Gasteiger partial charge in [0, 0.05) is 22.6 Å². The molecule has 0 aliphatic heterocycles. The number of benzene rings is 2. The second-order valence-corrected chi connectivity index (χ2v) is 5.45. The van der Waals surface area contributed by atoms with E-state index in [1.165, 1.54) is 27.7 Å². The summed E-state index contributed by atoms with van der Waals surface area (Å²) in [6, 6.07) is 16.8. The Bertz CT molecular complexity index is 723. The molecule has 0 saturated heterocycles. The molecular formula is C17H16ClN. The average Bonchev–Trinajstić information content (AvgIpc) is 2.70. The first-order chi connectivity index (χ1) is 9.15. The Morgan fingerprint density at radius 1 is 1.00 bits per heavy atom. The largest absolute Gasteiger partial charge is 0.340 e. The Morgan fingerprint density at radius 2 is 1.74 bits per heavy atom. The zero-order chi connectivity index (χ0) is 13.4. The van der Waals surface area contributed by atoms with Crippen LogP contribution in [0.15, 0.2) is 48.5 Å². The van der Waals surface area contributed by atoms with E-state index >= 15 is 0 Å². The smallest absolute Gasteiger partial charge is 0.0515 e. The summed E-state index contributed by atoms with van der Waals surface area (Å²) in [6.07, 6.45) is 0. The number of rotatable bonds is 2. The lowest BCUT2D eigenvalue weighted by molar-refractivity contribution is 0.803. The van der Waals surface area contributed by atoms with E-state index in [0.29, 0.717) is 0 Å². The highest BCUT2D eigenvalue weighted by Gasteiger charge is 2.08. The molecule has 1 nitrogen and oxygen atoms in total. The van der Waals surface area contributed by atoms with E-state index in [1.807, 2.05) is 12.1 Å². The molecule has 19 heavy (non-hydrogen) atoms. The summed E-state index contributed by atoms with van der Waals surface area (Å²) in [7, 11) is 0. The molecule has 2 heteroatoms. The number of hydrogen-bond donors (Lipinski definition) is 0. The van der Waals surface area contributed by atoms with E-state index in [2.05, 4.69) is 54.8 Å². The van der Waals surface area contributed by atoms with Crippen LogP contribution in [0.5, 0.6) is 0 Å². The topological polar surface area (TPSA) is 4.93 Å². The SMILES string of the molecule is Cc1cccc2cc(C)n(Cc3ccc(Cl)cc3)c12. The van der Waals surface area contributed by atoms with Gasteiger partial charge in [0.05, 0.1) is 5.52 Å². The minimum absolute atomic E-state index is 0.786. The fourth-order valence-corrected chi connectivity index (χ4v) is 2.75. The van der Waals surface area contributed by atoms with Gasteiger partial charge in [0.2, 0.25) is 0 Å². The molecule has 1 heterocycles. The summed E-state index contributed by atoms with van der Waals surface area (Å²) in [5.74, 6) is 0. The van der Waals surface area contributed by atoms with E-state index in [9.17, 15) is 0 Å². The maximum absolute atomic E-state index is 5.94. The Morgan fingerprint density at radius 3 is 2.47 bits per heavy atom. The van der Waals surface area contributed by atoms with Gasteiger partial charge in [0.15, 0.2) is 0 Å². The van der Waals surface area contributed by atoms with Gasteiger partial charge < -0.3 is 4.57 Å². The summed E-state index contributed by atoms with van der Waals surface area (Å²) in [6.45, 7) is 5.22. The third kappa shape index (κ3) is 2.26. The molecule has 96 valence electrons. The van der Waals surface area contributed by atoms with Gasteiger partial charge in [-0.2, -0.15) is 0 Å². The van der Waals surface area contributed by atoms with Crippen molar-refractivity contribution in [3.05, 3.63) is 70.4 Å². The highest BCUT2D eigenvalue weighted by atomic mass is 35.5. The Hall–Kier alpha value is -1.73. The Balaban J connectivity index is 2.09. The number of para-hydroxylation sites is 1. The first-order valence-electron chi connectivity index (χ1n) is 6.45. The zero-order valence-corrected chi connectivity index (χ0v) is 11.9. The lowest BCUT2D eigenvalue weighted by atomic mass is 10.1. The van der Waals surface area contributed by atoms with Crippen LogP contribution >= 0.6 is 11.6 Å². The van der Waals surface area contributed by atoms with E-state index in [-0.39, 0.29) is 0 Å². The third-order valence-corrected chi connectivity index (χ3v) is 3.83. The second kappa shape index (κ2) is 4.75. The van der Waals surface area contributed by atoms with Crippen molar-refractivity contribution < 1.29 is 0 Å². The minimum atomic E-state index is 0.786. The van der Waals surface area contributed by atoms with Gasteiger partial charge in [-0.3, -0.25) is 0 Å². The first-order valence-corrected chi connectivity index (χ1v) is 6.83. The fraction of sp³-hybridized carbons (Fsp3) is 0.176. The maximum Gasteiger partial charge on any atom is 0.0515 e. The predicted molar refractivity (Wildman–Crippen MR) is 82.0 cm³/mol. The molecule has 0 fully saturated rings. The molecule has 0 aliphatic rings. The summed E-state index contributed by atoms with van der Waals surface area (Å²) < 4.78 is 2.37. The average molecular weight is 270 g/mol. The molecule has 0 N–H and O–H groups in total. The van der Waals surface area contributed by atoms with E-state index < -0.39 is 0 Å². The van der Waals surface area contributed by atoms with E-state index in [4.69, 9.17) is 11.6 Å². The molecule has 0 saturated carbocycles. The molecule has 0 atom stereocenters. The quantitative estimate of drug-likeness (QED) is 0.620. The van der Waals surface area contributed by atoms with Gasteiger partial charge in [-0.15, -0.1) is 0 Å². The number of aromatic nitrogens is 1. The van der Waals surface area contributed by atoms with Crippen molar-refractivity contribution >= 4 is 22.5 Å². The van der Waals surface area contributed by atoms with Gasteiger partial charge in [0.1, 0.15) is 0 Å². The van der Waals surface area contributed by atoms with Crippen LogP contribution in [0.1, 0.15) is 16.8 Å². The predicted octanol–water partition coefficient (Wildman–Crippen LogP) is 4.96. The molecule has 0 bridgehead atoms. The third-order valence-electron chi connectivity index (χ3n) is 3.58. The van der Waals surface area contributed by atoms with Crippen LogP contribution in [0.4, 0.5) is 0 Å². The second-order valence-electron chi connectivity index (χ2n) is 5.01. The summed E-state index contributed by atoms with van der Waals surface area (Å²) in [5, 5.41) is 2.10. The first kappa shape index (κ1) is 12.3. The van der Waals surface area contributed by atoms with Gasteiger partial charge >= 0.3 is 0 Å². The molecule has 3 rings (SSSR count). The monoisotopic (exact) mass is 269 g/mol. The normalized spacial score (nSPS) is 11.1. The molecule has 0 unspecified atom stereocenters. The van der Waals surface area contributed by atoms with Crippen molar-refractivity contribution in [1.29, 1.82) is 0 Å². The van der Waals surface area contributed by atoms with Crippen LogP contribution in [-0.2, 0) is 6.54 Å². The maximum atomic E-state index is 5.94. The van der Waals surface area contributed by atoms with Gasteiger partial charge in [-0.25, -0.2) is 0 Å². The van der Waals surface area contributed by atoms with Crippen molar-refractivity contribution in [2.24, 2.45) is 0 Å². The van der Waals surface area contributed by atoms with E-state index in [1.54, 1.807) is 0 Å². The highest BCUT2D eigenvalue weighted by molar-refractivity contribution is 6.30. The van der Waals surface area contributed by atoms with Crippen LogP contribution < -0.4 is 0 Å². The van der Waals surface area contributed by atoms with Gasteiger partial charge in [-0.05, 0) is 43.2 Å². The number of halogens is 1. The summed E-state index contributed by atoms with van der Waals surface area (Å²) in [5.41, 5.74) is 5.21. The Labute approximate surface area is 118 Å². The zero-order valence-electron chi connectivity index (χ0n) is 11.2. The molecule has 0 spiro atoms. The number of hydrogen-bond acceptors (Lipinski definition) is 0. The van der Waals surface area contributed by atoms with Crippen LogP contribution in [0.25, 0.3) is 10.9 Å². The molecule has 1 aromatic heterocycles. The number of aryl methyl sites for hydroxylation is 2. The summed E-state index contributed by atoms with van der Waals surface area (Å²) in [4.78, 5) is 0. The van der Waals surface area contributed by atoms with Gasteiger partial charge in [0.25, 0.3) is 0 Å². The van der Waals surface area contributed by atoms with Crippen molar-refractivity contribution in [3.63, 3.8) is 0 Å². The van der Waals surface area contributed by atoms with Crippen LogP contribution in [0.2, 0.25) is 5.02 Å². The van der Waals surface area contributed by atoms with Gasteiger partial charge in [-0.1, -0.05) is 41.9 Å². The number of nitrogens with zero attached hydrogens (tertiary/aromatic N) is 1. The van der Waals surface area contributed by atoms with Crippen molar-refractivity contribution in [2.75, 3.05) is 0 Å². The molecule has 3 aromatic rings. The van der Waals surface area contributed by atoms with Crippen LogP contribution in [0.3, 0.4) is 0 Å². The Kier molecular flexibility index (Phi) is 3.08. The fourth-order valence-electron chi connectivity index (χ4n) is 2.62. The lowest BCUT2D eigenvalue weighted by Gasteiger charge is -2.10. The summed E-state index contributed by atoms with van der Waals surface area (Å²) >= 11 is 5.94. The van der Waals surface area contributed by atoms with Crippen molar-refractivity contribution in [3.8, 4) is 0 Å². The minimum Gasteiger partial charge on any atom is -0.340 e. The van der Waals surface area contributed by atoms with Crippen LogP contribution in [-0.4, -0.2) is 4.57 Å². The molecule has 0 aliphatic carbocycles. The standard InChI is InChI=1S/C17H16ClN/c1-12-4-3-5-15-10-13(2)19(17(12)15)11-14-6-8-16(18)9-7-14/h3-10H,11H2,1-2H3. The number of fused-ring (bicyclic) bond motifs is 1. The lowest BCUT2D eigenvalue weighted by Crippen LogP contribution is -2.02. The van der Waals surface area contributed by atoms with E-state index in [0.717, 1.165) is 11.6 Å². The van der Waals surface area contributed by atoms with Crippen molar-refractivity contribution in [2.45, 2.75) is 20.4 Å². The molecular weight excluding hydrogens is 254 g/mol. The molecule has 2 aromatic carbocycles. The molecule has 0 amide bonds. The van der Waals surface area contributed by atoms with Crippen LogP contribution in [0, 0.1) is 13.8 Å². The van der Waals surface area contributed by atoms with Crippen molar-refractivity contribution in [1.82, 2.24) is 4.57 Å².